The summed E-state index contributed by atoms with van der Waals surface area (Å²) in [5.41, 5.74) is -6.35. The van der Waals surface area contributed by atoms with Crippen LogP contribution in [0.15, 0.2) is 11.3 Å². The summed E-state index contributed by atoms with van der Waals surface area (Å²) < 4.78 is 74.1. The van der Waals surface area contributed by atoms with Crippen molar-refractivity contribution >= 4 is 40.4 Å². The Morgan fingerprint density at radius 1 is 0.844 bits per heavy atom. The van der Waals surface area contributed by atoms with Gasteiger partial charge in [-0.05, 0) is 60.0 Å². The molecular formula is C27H41F3N2O12S. The molecule has 1 atom stereocenters. The Labute approximate surface area is 260 Å². The molecule has 0 aromatic rings. The summed E-state index contributed by atoms with van der Waals surface area (Å²) in [4.78, 5) is 70.7. The van der Waals surface area contributed by atoms with E-state index >= 15 is 0 Å². The quantitative estimate of drug-likeness (QED) is 0.306. The highest BCUT2D eigenvalue weighted by Crippen LogP contribution is 2.31. The van der Waals surface area contributed by atoms with E-state index in [1.165, 1.54) is 4.90 Å². The first-order chi connectivity index (χ1) is 20.4. The lowest BCUT2D eigenvalue weighted by atomic mass is 9.94. The predicted molar refractivity (Wildman–Crippen MR) is 147 cm³/mol. The summed E-state index contributed by atoms with van der Waals surface area (Å²) in [5.74, 6) is -0.00629. The lowest BCUT2D eigenvalue weighted by Crippen LogP contribution is -2.45. The summed E-state index contributed by atoms with van der Waals surface area (Å²) in [6.07, 6.45) is 0.954. The predicted octanol–water partition coefficient (Wildman–Crippen LogP) is 4.21. The van der Waals surface area contributed by atoms with Crippen LogP contribution in [0, 0.1) is 5.92 Å². The zero-order valence-corrected chi connectivity index (χ0v) is 27.4. The van der Waals surface area contributed by atoms with Crippen LogP contribution in [0.4, 0.5) is 22.8 Å². The third-order valence-electron chi connectivity index (χ3n) is 5.63. The molecule has 1 unspecified atom stereocenters. The molecule has 14 nitrogen and oxygen atoms in total. The van der Waals surface area contributed by atoms with E-state index in [2.05, 4.69) is 4.18 Å². The van der Waals surface area contributed by atoms with Crippen molar-refractivity contribution in [2.24, 2.45) is 5.92 Å². The number of Topliss-reactive ketones (excluding diaryl/α,β-unsaturated/α-hetero) is 1. The molecule has 0 bridgehead atoms. The average Bonchev–Trinajstić information content (AvgIpc) is 2.87. The van der Waals surface area contributed by atoms with E-state index in [4.69, 9.17) is 28.7 Å². The standard InChI is InChI=1S/C13H20F3NO5S.C12H21NO3.2CO2/c1-5-9-8-17(11(18)21-12(2,3)4)7-6-10(9)22-23(19,20)13(14,15)16;1-5-9-8-13(7-6-10(9)14)11(15)16-12(2,3)4;2*2-1-3/h5-8H2,1-4H3;9H,5-8H2,1-4H3;;. The van der Waals surface area contributed by atoms with Crippen LogP contribution in [0.1, 0.15) is 81.1 Å². The van der Waals surface area contributed by atoms with Gasteiger partial charge in [-0.3, -0.25) is 4.79 Å². The van der Waals surface area contributed by atoms with Crippen molar-refractivity contribution in [3.05, 3.63) is 11.3 Å². The number of alkyl halides is 3. The van der Waals surface area contributed by atoms with Gasteiger partial charge in [0.05, 0.1) is 0 Å². The number of ketones is 1. The fourth-order valence-corrected chi connectivity index (χ4v) is 4.20. The van der Waals surface area contributed by atoms with Crippen LogP contribution in [0.25, 0.3) is 0 Å². The molecule has 45 heavy (non-hydrogen) atoms. The second-order valence-electron chi connectivity index (χ2n) is 11.4. The third kappa shape index (κ3) is 17.4. The van der Waals surface area contributed by atoms with Gasteiger partial charge in [0.2, 0.25) is 0 Å². The van der Waals surface area contributed by atoms with Gasteiger partial charge < -0.3 is 23.5 Å². The normalized spacial score (nSPS) is 17.0. The highest BCUT2D eigenvalue weighted by atomic mass is 32.2. The van der Waals surface area contributed by atoms with Crippen LogP contribution < -0.4 is 0 Å². The Morgan fingerprint density at radius 2 is 1.27 bits per heavy atom. The number of nitrogens with zero attached hydrogens (tertiary/aromatic N) is 2. The number of hydrogen-bond acceptors (Lipinski definition) is 12. The molecule has 0 spiro atoms. The first-order valence-electron chi connectivity index (χ1n) is 13.6. The van der Waals surface area contributed by atoms with Gasteiger partial charge in [-0.15, -0.1) is 0 Å². The largest absolute Gasteiger partial charge is 0.534 e. The Balaban J connectivity index is 0. The van der Waals surface area contributed by atoms with Crippen molar-refractivity contribution < 1.29 is 68.8 Å². The molecular weight excluding hydrogens is 633 g/mol. The van der Waals surface area contributed by atoms with Crippen LogP contribution in [0.3, 0.4) is 0 Å². The van der Waals surface area contributed by atoms with Crippen LogP contribution in [0.2, 0.25) is 0 Å². The Hall–Kier alpha value is -3.75. The van der Waals surface area contributed by atoms with Gasteiger partial charge in [0.1, 0.15) is 22.7 Å². The molecule has 2 heterocycles. The number of amides is 2. The average molecular weight is 675 g/mol. The van der Waals surface area contributed by atoms with E-state index in [1.807, 2.05) is 27.7 Å². The summed E-state index contributed by atoms with van der Waals surface area (Å²) in [5, 5.41) is 0. The SMILES string of the molecule is CCC1=C(OS(=O)(=O)C(F)(F)F)CCN(C(=O)OC(C)(C)C)C1.CCC1CN(C(=O)OC(C)(C)C)CCC1=O.O=C=O.O=C=O. The molecule has 0 N–H and O–H groups in total. The summed E-state index contributed by atoms with van der Waals surface area (Å²) in [7, 11) is -5.70. The van der Waals surface area contributed by atoms with Gasteiger partial charge >= 0.3 is 40.1 Å². The lowest BCUT2D eigenvalue weighted by Gasteiger charge is -2.32. The van der Waals surface area contributed by atoms with Crippen LogP contribution in [-0.2, 0) is 47.7 Å². The summed E-state index contributed by atoms with van der Waals surface area (Å²) >= 11 is 0. The third-order valence-corrected chi connectivity index (χ3v) is 6.61. The molecule has 258 valence electrons. The minimum Gasteiger partial charge on any atom is -0.444 e. The van der Waals surface area contributed by atoms with E-state index in [0.717, 1.165) is 6.42 Å². The van der Waals surface area contributed by atoms with E-state index in [9.17, 15) is 36.0 Å². The van der Waals surface area contributed by atoms with E-state index in [1.54, 1.807) is 32.6 Å². The van der Waals surface area contributed by atoms with Crippen molar-refractivity contribution in [1.82, 2.24) is 9.80 Å². The molecule has 1 fully saturated rings. The molecule has 18 heteroatoms. The van der Waals surface area contributed by atoms with Crippen LogP contribution in [0.5, 0.6) is 0 Å². The molecule has 2 amide bonds. The Bertz CT molecular complexity index is 1190. The van der Waals surface area contributed by atoms with Crippen molar-refractivity contribution in [3.8, 4) is 0 Å². The fraction of sp³-hybridized carbons (Fsp3) is 0.741. The molecule has 0 saturated carbocycles. The topological polar surface area (TPSA) is 188 Å². The lowest BCUT2D eigenvalue weighted by molar-refractivity contribution is -0.193. The monoisotopic (exact) mass is 674 g/mol. The minimum atomic E-state index is -5.70. The van der Waals surface area contributed by atoms with Crippen LogP contribution in [-0.4, -0.2) is 91.4 Å². The van der Waals surface area contributed by atoms with Crippen molar-refractivity contribution in [1.29, 1.82) is 0 Å². The zero-order valence-electron chi connectivity index (χ0n) is 26.6. The van der Waals surface area contributed by atoms with Crippen molar-refractivity contribution in [2.45, 2.75) is 97.8 Å². The van der Waals surface area contributed by atoms with Gasteiger partial charge in [-0.25, -0.2) is 9.59 Å². The number of likely N-dealkylation sites (tertiary alicyclic amines) is 1. The second-order valence-corrected chi connectivity index (χ2v) is 13.0. The van der Waals surface area contributed by atoms with E-state index in [-0.39, 0.29) is 61.8 Å². The van der Waals surface area contributed by atoms with Gasteiger partial charge in [-0.1, -0.05) is 13.8 Å². The van der Waals surface area contributed by atoms with E-state index < -0.39 is 32.9 Å². The number of ether oxygens (including phenoxy) is 2. The fourth-order valence-electron chi connectivity index (χ4n) is 3.64. The van der Waals surface area contributed by atoms with Crippen molar-refractivity contribution in [2.75, 3.05) is 26.2 Å². The Kier molecular flexibility index (Phi) is 18.2. The molecule has 1 saturated heterocycles. The molecule has 0 aromatic carbocycles. The number of carbonyl (C=O) groups is 3. The smallest absolute Gasteiger partial charge is 0.444 e. The highest BCUT2D eigenvalue weighted by molar-refractivity contribution is 7.87. The zero-order chi connectivity index (χ0) is 35.8. The maximum absolute atomic E-state index is 12.4. The maximum Gasteiger partial charge on any atom is 0.534 e. The molecule has 0 aromatic heterocycles. The van der Waals surface area contributed by atoms with E-state index in [0.29, 0.717) is 25.1 Å². The van der Waals surface area contributed by atoms with Gasteiger partial charge in [0.15, 0.2) is 0 Å². The van der Waals surface area contributed by atoms with Gasteiger partial charge in [-0.2, -0.15) is 40.8 Å². The number of rotatable bonds is 4. The first-order valence-corrected chi connectivity index (χ1v) is 15.0. The van der Waals surface area contributed by atoms with Crippen LogP contribution >= 0.6 is 0 Å². The summed E-state index contributed by atoms with van der Waals surface area (Å²) in [6.45, 7) is 15.2. The van der Waals surface area contributed by atoms with Gasteiger partial charge in [0.25, 0.3) is 0 Å². The van der Waals surface area contributed by atoms with Gasteiger partial charge in [0, 0.05) is 44.9 Å². The Morgan fingerprint density at radius 3 is 1.64 bits per heavy atom. The molecule has 0 aliphatic carbocycles. The first kappa shape index (κ1) is 43.4. The number of carbonyl (C=O) groups excluding carboxylic acids is 7. The highest BCUT2D eigenvalue weighted by Gasteiger charge is 2.49. The summed E-state index contributed by atoms with van der Waals surface area (Å²) in [6, 6.07) is 0. The molecule has 2 aliphatic rings. The maximum atomic E-state index is 12.4. The minimum absolute atomic E-state index is 0.0127. The molecule has 2 aliphatic heterocycles. The molecule has 2 rings (SSSR count). The number of halogens is 3. The number of piperidine rings is 1. The van der Waals surface area contributed by atoms with Crippen molar-refractivity contribution in [3.63, 3.8) is 0 Å². The second kappa shape index (κ2) is 18.9. The number of hydrogen-bond donors (Lipinski definition) is 0. The molecule has 0 radical (unpaired) electrons.